The molecule has 3 unspecified atom stereocenters. The standard InChI is InChI=1S/C15H20FNO3S/c1-10-4-5-11(13(16)7-10)9-21(18,19)17-14-8-15-12(14)3-2-6-20-15/h4-5,7,12,14-15,17H,2-3,6,8-9H2,1H3. The van der Waals surface area contributed by atoms with Crippen molar-refractivity contribution in [2.24, 2.45) is 5.92 Å². The summed E-state index contributed by atoms with van der Waals surface area (Å²) >= 11 is 0. The second-order valence-corrected chi connectivity index (χ2v) is 7.78. The minimum atomic E-state index is -3.53. The Morgan fingerprint density at radius 3 is 2.95 bits per heavy atom. The number of aryl methyl sites for hydroxylation is 1. The summed E-state index contributed by atoms with van der Waals surface area (Å²) in [4.78, 5) is 0. The van der Waals surface area contributed by atoms with Crippen molar-refractivity contribution in [3.8, 4) is 0 Å². The highest BCUT2D eigenvalue weighted by Crippen LogP contribution is 2.38. The van der Waals surface area contributed by atoms with Crippen LogP contribution in [-0.2, 0) is 20.5 Å². The summed E-state index contributed by atoms with van der Waals surface area (Å²) in [6.45, 7) is 2.55. The molecule has 1 aromatic rings. The number of benzene rings is 1. The molecule has 3 rings (SSSR count). The lowest BCUT2D eigenvalue weighted by Gasteiger charge is -2.47. The van der Waals surface area contributed by atoms with Gasteiger partial charge in [0.1, 0.15) is 5.82 Å². The van der Waals surface area contributed by atoms with Crippen LogP contribution in [0.15, 0.2) is 18.2 Å². The van der Waals surface area contributed by atoms with Crippen molar-refractivity contribution in [1.82, 2.24) is 4.72 Å². The van der Waals surface area contributed by atoms with Crippen LogP contribution in [0, 0.1) is 18.7 Å². The monoisotopic (exact) mass is 313 g/mol. The van der Waals surface area contributed by atoms with Crippen LogP contribution in [0.4, 0.5) is 4.39 Å². The van der Waals surface area contributed by atoms with E-state index in [0.717, 1.165) is 31.4 Å². The molecule has 1 saturated carbocycles. The summed E-state index contributed by atoms with van der Waals surface area (Å²) in [6, 6.07) is 4.56. The maximum absolute atomic E-state index is 13.8. The second kappa shape index (κ2) is 5.66. The van der Waals surface area contributed by atoms with Gasteiger partial charge in [0.25, 0.3) is 0 Å². The van der Waals surface area contributed by atoms with E-state index in [-0.39, 0.29) is 29.4 Å². The summed E-state index contributed by atoms with van der Waals surface area (Å²) < 4.78 is 46.4. The zero-order valence-corrected chi connectivity index (χ0v) is 12.8. The van der Waals surface area contributed by atoms with Crippen LogP contribution in [0.2, 0.25) is 0 Å². The van der Waals surface area contributed by atoms with Crippen LogP contribution < -0.4 is 4.72 Å². The highest BCUT2D eigenvalue weighted by atomic mass is 32.2. The maximum atomic E-state index is 13.8. The molecule has 1 saturated heterocycles. The highest BCUT2D eigenvalue weighted by molar-refractivity contribution is 7.88. The SMILES string of the molecule is Cc1ccc(CS(=O)(=O)NC2CC3OCCCC23)c(F)c1. The van der Waals surface area contributed by atoms with Gasteiger partial charge in [0.2, 0.25) is 10.0 Å². The van der Waals surface area contributed by atoms with Crippen molar-refractivity contribution in [3.63, 3.8) is 0 Å². The first-order valence-corrected chi connectivity index (χ1v) is 8.96. The first-order valence-electron chi connectivity index (χ1n) is 7.31. The molecule has 0 bridgehead atoms. The molecule has 0 spiro atoms. The first kappa shape index (κ1) is 14.9. The van der Waals surface area contributed by atoms with Gasteiger partial charge in [-0.2, -0.15) is 0 Å². The molecule has 1 aromatic carbocycles. The summed E-state index contributed by atoms with van der Waals surface area (Å²) in [5.74, 6) is -0.502. The number of halogens is 1. The molecule has 0 radical (unpaired) electrons. The predicted molar refractivity (Wildman–Crippen MR) is 77.8 cm³/mol. The molecule has 2 fully saturated rings. The predicted octanol–water partition coefficient (Wildman–Crippen LogP) is 2.12. The zero-order valence-electron chi connectivity index (χ0n) is 12.0. The van der Waals surface area contributed by atoms with E-state index in [1.54, 1.807) is 13.0 Å². The lowest BCUT2D eigenvalue weighted by atomic mass is 9.73. The number of sulfonamides is 1. The number of hydrogen-bond donors (Lipinski definition) is 1. The maximum Gasteiger partial charge on any atom is 0.216 e. The zero-order chi connectivity index (χ0) is 15.0. The van der Waals surface area contributed by atoms with Crippen LogP contribution in [0.1, 0.15) is 30.4 Å². The first-order chi connectivity index (χ1) is 9.94. The van der Waals surface area contributed by atoms with Gasteiger partial charge in [-0.3, -0.25) is 0 Å². The van der Waals surface area contributed by atoms with Gasteiger partial charge in [-0.05, 0) is 37.8 Å². The van der Waals surface area contributed by atoms with Crippen molar-refractivity contribution in [3.05, 3.63) is 35.1 Å². The lowest BCUT2D eigenvalue weighted by Crippen LogP contribution is -2.57. The van der Waals surface area contributed by atoms with Crippen molar-refractivity contribution in [2.75, 3.05) is 6.61 Å². The molecule has 0 aromatic heterocycles. The molecule has 3 atom stereocenters. The van der Waals surface area contributed by atoms with Crippen molar-refractivity contribution >= 4 is 10.0 Å². The van der Waals surface area contributed by atoms with Gasteiger partial charge >= 0.3 is 0 Å². The summed E-state index contributed by atoms with van der Waals surface area (Å²) in [7, 11) is -3.53. The average Bonchev–Trinajstić information content (AvgIpc) is 2.39. The molecule has 2 aliphatic rings. The van der Waals surface area contributed by atoms with E-state index < -0.39 is 15.8 Å². The fourth-order valence-electron chi connectivity index (χ4n) is 3.18. The number of fused-ring (bicyclic) bond motifs is 1. The van der Waals surface area contributed by atoms with E-state index in [4.69, 9.17) is 4.74 Å². The van der Waals surface area contributed by atoms with Crippen LogP contribution in [-0.4, -0.2) is 27.2 Å². The minimum absolute atomic E-state index is 0.0613. The van der Waals surface area contributed by atoms with Crippen molar-refractivity contribution < 1.29 is 17.5 Å². The van der Waals surface area contributed by atoms with Crippen molar-refractivity contribution in [2.45, 2.75) is 44.1 Å². The Kier molecular flexibility index (Phi) is 4.03. The molecule has 1 heterocycles. The van der Waals surface area contributed by atoms with Crippen molar-refractivity contribution in [1.29, 1.82) is 0 Å². The third kappa shape index (κ3) is 3.27. The smallest absolute Gasteiger partial charge is 0.216 e. The van der Waals surface area contributed by atoms with Gasteiger partial charge in [0.05, 0.1) is 11.9 Å². The summed E-state index contributed by atoms with van der Waals surface area (Å²) in [6.07, 6.45) is 2.89. The molecule has 4 nitrogen and oxygen atoms in total. The molecule has 0 amide bonds. The second-order valence-electron chi connectivity index (χ2n) is 6.03. The average molecular weight is 313 g/mol. The lowest BCUT2D eigenvalue weighted by molar-refractivity contribution is -0.0980. The molecule has 1 N–H and O–H groups in total. The summed E-state index contributed by atoms with van der Waals surface area (Å²) in [5, 5.41) is 0. The molecule has 116 valence electrons. The van der Waals surface area contributed by atoms with Crippen LogP contribution in [0.5, 0.6) is 0 Å². The highest BCUT2D eigenvalue weighted by Gasteiger charge is 2.44. The van der Waals surface area contributed by atoms with Gasteiger partial charge in [0.15, 0.2) is 0 Å². The summed E-state index contributed by atoms with van der Waals surface area (Å²) in [5.41, 5.74) is 0.992. The Morgan fingerprint density at radius 2 is 2.24 bits per heavy atom. The molecule has 6 heteroatoms. The third-order valence-corrected chi connectivity index (χ3v) is 5.73. The number of nitrogens with one attached hydrogen (secondary N) is 1. The van der Waals surface area contributed by atoms with E-state index in [1.165, 1.54) is 12.1 Å². The third-order valence-electron chi connectivity index (χ3n) is 4.38. The van der Waals surface area contributed by atoms with Gasteiger partial charge < -0.3 is 4.74 Å². The Morgan fingerprint density at radius 1 is 1.43 bits per heavy atom. The molecule has 1 aliphatic heterocycles. The van der Waals surface area contributed by atoms with Crippen LogP contribution in [0.3, 0.4) is 0 Å². The largest absolute Gasteiger partial charge is 0.378 e. The van der Waals surface area contributed by atoms with Crippen LogP contribution >= 0.6 is 0 Å². The Balaban J connectivity index is 1.64. The van der Waals surface area contributed by atoms with E-state index in [1.807, 2.05) is 0 Å². The van der Waals surface area contributed by atoms with Gasteiger partial charge in [-0.15, -0.1) is 0 Å². The van der Waals surface area contributed by atoms with Gasteiger partial charge in [0, 0.05) is 24.1 Å². The fourth-order valence-corrected chi connectivity index (χ4v) is 4.64. The Hall–Kier alpha value is -0.980. The van der Waals surface area contributed by atoms with E-state index in [2.05, 4.69) is 4.72 Å². The number of rotatable bonds is 4. The topological polar surface area (TPSA) is 55.4 Å². The Bertz CT molecular complexity index is 632. The van der Waals surface area contributed by atoms with E-state index in [9.17, 15) is 12.8 Å². The van der Waals surface area contributed by atoms with E-state index >= 15 is 0 Å². The molecular formula is C15H20FNO3S. The van der Waals surface area contributed by atoms with Crippen LogP contribution in [0.25, 0.3) is 0 Å². The molecule has 21 heavy (non-hydrogen) atoms. The Labute approximate surface area is 124 Å². The van der Waals surface area contributed by atoms with E-state index in [0.29, 0.717) is 0 Å². The number of ether oxygens (including phenoxy) is 1. The normalized spacial score (nSPS) is 28.8. The fraction of sp³-hybridized carbons (Fsp3) is 0.600. The van der Waals surface area contributed by atoms with Gasteiger partial charge in [-0.1, -0.05) is 12.1 Å². The van der Waals surface area contributed by atoms with Gasteiger partial charge in [-0.25, -0.2) is 17.5 Å². The number of hydrogen-bond acceptors (Lipinski definition) is 3. The minimum Gasteiger partial charge on any atom is -0.378 e. The molecular weight excluding hydrogens is 293 g/mol. The molecule has 1 aliphatic carbocycles. The quantitative estimate of drug-likeness (QED) is 0.926.